The van der Waals surface area contributed by atoms with E-state index in [4.69, 9.17) is 23.7 Å². The zero-order valence-electron chi connectivity index (χ0n) is 33.3. The maximum absolute atomic E-state index is 13.0. The first-order valence-corrected chi connectivity index (χ1v) is 20.0. The molecule has 0 amide bonds. The molecule has 17 heteroatoms. The Balaban J connectivity index is 1.68. The van der Waals surface area contributed by atoms with Crippen molar-refractivity contribution in [3.05, 3.63) is 29.3 Å². The fraction of sp³-hybridized carbons (Fsp3) is 0.750. The molecule has 1 heterocycles. The Labute approximate surface area is 333 Å². The molecule has 2 rings (SSSR count). The topological polar surface area (TPSA) is 276 Å². The summed E-state index contributed by atoms with van der Waals surface area (Å²) < 4.78 is 26.3. The summed E-state index contributed by atoms with van der Waals surface area (Å²) in [6.07, 6.45) is -2.32. The van der Waals surface area contributed by atoms with E-state index in [1.165, 1.54) is 6.07 Å². The lowest BCUT2D eigenvalue weighted by Gasteiger charge is -2.42. The number of benzene rings is 1. The minimum Gasteiger partial charge on any atom is -0.507 e. The van der Waals surface area contributed by atoms with Crippen LogP contribution in [0, 0.1) is 0 Å². The fourth-order valence-corrected chi connectivity index (χ4v) is 6.78. The number of aromatic carboxylic acids is 1. The highest BCUT2D eigenvalue weighted by atomic mass is 16.7. The second kappa shape index (κ2) is 26.6. The molecular weight excluding hydrogens is 752 g/mol. The highest BCUT2D eigenvalue weighted by Crippen LogP contribution is 2.27. The maximum atomic E-state index is 13.0. The van der Waals surface area contributed by atoms with Gasteiger partial charge in [0, 0.05) is 13.8 Å². The van der Waals surface area contributed by atoms with E-state index < -0.39 is 98.3 Å². The first-order chi connectivity index (χ1) is 27.1. The summed E-state index contributed by atoms with van der Waals surface area (Å²) in [6.45, 7) is 1.84. The summed E-state index contributed by atoms with van der Waals surface area (Å²) in [4.78, 5) is 47.9. The monoisotopic (exact) mass is 816 g/mol. The van der Waals surface area contributed by atoms with E-state index >= 15 is 0 Å². The van der Waals surface area contributed by atoms with Gasteiger partial charge in [0.05, 0.1) is 19.3 Å². The van der Waals surface area contributed by atoms with Crippen LogP contribution in [0.2, 0.25) is 0 Å². The third kappa shape index (κ3) is 17.1. The van der Waals surface area contributed by atoms with E-state index in [1.54, 1.807) is 19.1 Å². The van der Waals surface area contributed by atoms with Gasteiger partial charge in [0.25, 0.3) is 0 Å². The number of unbranched alkanes of at least 4 members (excludes halogenated alkanes) is 12. The molecule has 1 aromatic rings. The number of aliphatic hydroxyl groups is 6. The zero-order chi connectivity index (χ0) is 42.5. The van der Waals surface area contributed by atoms with Gasteiger partial charge in [-0.25, -0.2) is 9.59 Å². The zero-order valence-corrected chi connectivity index (χ0v) is 33.3. The molecular formula is C40H64O17. The van der Waals surface area contributed by atoms with Crippen molar-refractivity contribution in [3.8, 4) is 5.75 Å². The molecule has 8 N–H and O–H groups in total. The van der Waals surface area contributed by atoms with E-state index in [0.717, 1.165) is 97.3 Å². The van der Waals surface area contributed by atoms with Gasteiger partial charge < -0.3 is 64.5 Å². The van der Waals surface area contributed by atoms with Crippen molar-refractivity contribution in [3.63, 3.8) is 0 Å². The van der Waals surface area contributed by atoms with Crippen molar-refractivity contribution in [2.24, 2.45) is 0 Å². The van der Waals surface area contributed by atoms with Gasteiger partial charge in [0.2, 0.25) is 6.10 Å². The number of hydrogen-bond acceptors (Lipinski definition) is 16. The number of ether oxygens (including phenoxy) is 5. The van der Waals surface area contributed by atoms with E-state index in [-0.39, 0.29) is 11.3 Å². The molecule has 57 heavy (non-hydrogen) atoms. The quantitative estimate of drug-likeness (QED) is 0.0343. The molecule has 10 unspecified atom stereocenters. The third-order valence-electron chi connectivity index (χ3n) is 9.90. The summed E-state index contributed by atoms with van der Waals surface area (Å²) in [5.41, 5.74) is 0.661. The van der Waals surface area contributed by atoms with E-state index in [2.05, 4.69) is 0 Å². The second-order valence-electron chi connectivity index (χ2n) is 14.6. The average Bonchev–Trinajstić information content (AvgIpc) is 3.15. The minimum absolute atomic E-state index is 0.00386. The van der Waals surface area contributed by atoms with Crippen molar-refractivity contribution in [1.29, 1.82) is 0 Å². The highest BCUT2D eigenvalue weighted by molar-refractivity contribution is 5.92. The van der Waals surface area contributed by atoms with Crippen LogP contribution in [0.15, 0.2) is 18.2 Å². The fourth-order valence-electron chi connectivity index (χ4n) is 6.78. The van der Waals surface area contributed by atoms with Crippen molar-refractivity contribution >= 4 is 23.9 Å². The Kier molecular flexibility index (Phi) is 23.2. The first-order valence-electron chi connectivity index (χ1n) is 20.0. The minimum atomic E-state index is -2.18. The summed E-state index contributed by atoms with van der Waals surface area (Å²) in [5.74, 6) is -4.31. The molecule has 0 spiro atoms. The van der Waals surface area contributed by atoms with Crippen LogP contribution in [0.3, 0.4) is 0 Å². The van der Waals surface area contributed by atoms with E-state index in [9.17, 15) is 60.0 Å². The molecule has 17 nitrogen and oxygen atoms in total. The van der Waals surface area contributed by atoms with Crippen molar-refractivity contribution in [2.45, 2.75) is 178 Å². The predicted molar refractivity (Wildman–Crippen MR) is 202 cm³/mol. The normalized spacial score (nSPS) is 22.2. The number of carbonyl (C=O) groups is 4. The number of aromatic hydroxyl groups is 1. The molecule has 1 saturated heterocycles. The standard InChI is InChI=1S/C40H64O17/c1-24(18-15-13-11-9-7-5-4-6-8-10-12-14-16-19-27-20-17-21-28(45)31(27)38(50)51)53-39(52)36(54-25(2)43)34(48)32(46)29(22-41)56-40-37(55-26(3)44)35(49)33(47)30(23-42)57-40/h17,20-21,24,29-30,32-37,40-42,45-49H,4-16,18-19,22-23H2,1-3H3,(H,50,51). The number of rotatable bonds is 28. The van der Waals surface area contributed by atoms with Crippen LogP contribution in [0.25, 0.3) is 0 Å². The van der Waals surface area contributed by atoms with Crippen LogP contribution < -0.4 is 0 Å². The van der Waals surface area contributed by atoms with Gasteiger partial charge in [-0.3, -0.25) is 9.59 Å². The predicted octanol–water partition coefficient (Wildman–Crippen LogP) is 2.43. The van der Waals surface area contributed by atoms with Crippen LogP contribution in [-0.2, 0) is 44.5 Å². The third-order valence-corrected chi connectivity index (χ3v) is 9.90. The van der Waals surface area contributed by atoms with Crippen molar-refractivity contribution in [2.75, 3.05) is 13.2 Å². The molecule has 0 saturated carbocycles. The average molecular weight is 817 g/mol. The number of carbonyl (C=O) groups excluding carboxylic acids is 3. The number of carboxylic acid groups (broad SMARTS) is 1. The molecule has 0 aromatic heterocycles. The van der Waals surface area contributed by atoms with E-state index in [1.807, 2.05) is 0 Å². The van der Waals surface area contributed by atoms with E-state index in [0.29, 0.717) is 18.4 Å². The summed E-state index contributed by atoms with van der Waals surface area (Å²) in [7, 11) is 0. The number of aliphatic hydroxyl groups excluding tert-OH is 6. The number of esters is 3. The lowest BCUT2D eigenvalue weighted by atomic mass is 9.98. The molecule has 1 aliphatic rings. The molecule has 1 aromatic carbocycles. The van der Waals surface area contributed by atoms with Gasteiger partial charge in [-0.1, -0.05) is 82.8 Å². The molecule has 0 radical (unpaired) electrons. The Morgan fingerprint density at radius 2 is 1.33 bits per heavy atom. The van der Waals surface area contributed by atoms with Gasteiger partial charge in [-0.2, -0.15) is 0 Å². The van der Waals surface area contributed by atoms with Gasteiger partial charge in [0.1, 0.15) is 47.9 Å². The molecule has 326 valence electrons. The number of carboxylic acids is 1. The summed E-state index contributed by atoms with van der Waals surface area (Å²) in [5, 5.41) is 81.1. The smallest absolute Gasteiger partial charge is 0.350 e. The number of hydrogen-bond donors (Lipinski definition) is 8. The van der Waals surface area contributed by atoms with Gasteiger partial charge in [-0.05, 0) is 44.2 Å². The van der Waals surface area contributed by atoms with Crippen molar-refractivity contribution < 1.29 is 83.7 Å². The lowest BCUT2D eigenvalue weighted by Crippen LogP contribution is -2.62. The van der Waals surface area contributed by atoms with Crippen LogP contribution in [0.5, 0.6) is 5.75 Å². The number of phenols is 1. The van der Waals surface area contributed by atoms with Crippen LogP contribution in [0.1, 0.15) is 127 Å². The van der Waals surface area contributed by atoms with Crippen molar-refractivity contribution in [1.82, 2.24) is 0 Å². The molecule has 0 bridgehead atoms. The van der Waals surface area contributed by atoms with Crippen LogP contribution >= 0.6 is 0 Å². The molecule has 1 fully saturated rings. The molecule has 10 atom stereocenters. The first kappa shape index (κ1) is 49.7. The number of aryl methyl sites for hydroxylation is 1. The SMILES string of the molecule is CC(=O)OC(C(=O)OC(C)CCCCCCCCCCCCCCCc1cccc(O)c1C(=O)O)C(O)C(O)C(CO)OC1OC(CO)C(O)C(O)C1OC(C)=O. The molecule has 1 aliphatic heterocycles. The highest BCUT2D eigenvalue weighted by Gasteiger charge is 2.49. The lowest BCUT2D eigenvalue weighted by molar-refractivity contribution is -0.324. The van der Waals surface area contributed by atoms with Gasteiger partial charge >= 0.3 is 23.9 Å². The van der Waals surface area contributed by atoms with Gasteiger partial charge in [-0.15, -0.1) is 0 Å². The van der Waals surface area contributed by atoms with Crippen LogP contribution in [0.4, 0.5) is 0 Å². The summed E-state index contributed by atoms with van der Waals surface area (Å²) in [6, 6.07) is 4.81. The Hall–Kier alpha value is -3.42. The second-order valence-corrected chi connectivity index (χ2v) is 14.6. The largest absolute Gasteiger partial charge is 0.507 e. The van der Waals surface area contributed by atoms with Crippen LogP contribution in [-0.4, -0.2) is 139 Å². The Morgan fingerprint density at radius 3 is 1.84 bits per heavy atom. The Bertz CT molecular complexity index is 1360. The summed E-state index contributed by atoms with van der Waals surface area (Å²) >= 11 is 0. The maximum Gasteiger partial charge on any atom is 0.350 e. The van der Waals surface area contributed by atoms with Gasteiger partial charge in [0.15, 0.2) is 12.4 Å². The molecule has 0 aliphatic carbocycles. The Morgan fingerprint density at radius 1 is 0.772 bits per heavy atom.